The van der Waals surface area contributed by atoms with E-state index in [2.05, 4.69) is 15.7 Å². The Bertz CT molecular complexity index is 1160. The molecule has 0 atom stereocenters. The van der Waals surface area contributed by atoms with E-state index in [1.54, 1.807) is 47.1 Å². The van der Waals surface area contributed by atoms with E-state index < -0.39 is 6.09 Å². The average Bonchev–Trinajstić information content (AvgIpc) is 3.02. The van der Waals surface area contributed by atoms with Crippen LogP contribution >= 0.6 is 23.2 Å². The number of aromatic nitrogens is 2. The molecular formula is C23H24Cl2N4O4. The molecule has 0 fully saturated rings. The van der Waals surface area contributed by atoms with Crippen molar-refractivity contribution >= 4 is 46.6 Å². The molecular weight excluding hydrogens is 467 g/mol. The zero-order valence-corrected chi connectivity index (χ0v) is 20.0. The number of rotatable bonds is 8. The van der Waals surface area contributed by atoms with Gasteiger partial charge in [-0.05, 0) is 50.2 Å². The summed E-state index contributed by atoms with van der Waals surface area (Å²) in [5.74, 6) is -0.220. The van der Waals surface area contributed by atoms with Crippen LogP contribution in [0.15, 0.2) is 42.5 Å². The van der Waals surface area contributed by atoms with Crippen LogP contribution in [0.4, 0.5) is 16.2 Å². The van der Waals surface area contributed by atoms with Crippen LogP contribution < -0.4 is 10.6 Å². The number of hydrogen-bond donors (Lipinski definition) is 2. The van der Waals surface area contributed by atoms with E-state index >= 15 is 0 Å². The summed E-state index contributed by atoms with van der Waals surface area (Å²) in [6.45, 7) is 4.18. The number of halogens is 2. The fraction of sp³-hybridized carbons (Fsp3) is 0.261. The lowest BCUT2D eigenvalue weighted by Gasteiger charge is -2.10. The van der Waals surface area contributed by atoms with Crippen LogP contribution in [-0.4, -0.2) is 42.1 Å². The molecule has 0 aliphatic carbocycles. The van der Waals surface area contributed by atoms with E-state index in [9.17, 15) is 9.59 Å². The minimum atomic E-state index is -0.602. The molecule has 0 saturated heterocycles. The number of ether oxygens (including phenoxy) is 2. The lowest BCUT2D eigenvalue weighted by molar-refractivity contribution is -0.115. The van der Waals surface area contributed by atoms with Crippen LogP contribution in [0.3, 0.4) is 0 Å². The van der Waals surface area contributed by atoms with Crippen molar-refractivity contribution in [1.82, 2.24) is 9.78 Å². The lowest BCUT2D eigenvalue weighted by atomic mass is 10.1. The third-order valence-corrected chi connectivity index (χ3v) is 5.37. The maximum absolute atomic E-state index is 12.7. The van der Waals surface area contributed by atoms with Gasteiger partial charge in [-0.25, -0.2) is 9.48 Å². The predicted molar refractivity (Wildman–Crippen MR) is 129 cm³/mol. The Morgan fingerprint density at radius 3 is 2.45 bits per heavy atom. The highest BCUT2D eigenvalue weighted by Gasteiger charge is 2.18. The Balaban J connectivity index is 1.68. The van der Waals surface area contributed by atoms with E-state index in [0.29, 0.717) is 33.7 Å². The molecule has 1 aromatic heterocycles. The van der Waals surface area contributed by atoms with Crippen molar-refractivity contribution in [3.05, 3.63) is 69.5 Å². The van der Waals surface area contributed by atoms with Crippen molar-refractivity contribution < 1.29 is 19.1 Å². The summed E-state index contributed by atoms with van der Waals surface area (Å²) in [7, 11) is 1.52. The first-order valence-corrected chi connectivity index (χ1v) is 10.9. The van der Waals surface area contributed by atoms with Gasteiger partial charge in [-0.2, -0.15) is 5.10 Å². The maximum Gasteiger partial charge on any atom is 0.411 e. The van der Waals surface area contributed by atoms with Crippen molar-refractivity contribution in [2.24, 2.45) is 0 Å². The molecule has 10 heteroatoms. The van der Waals surface area contributed by atoms with Crippen molar-refractivity contribution in [3.63, 3.8) is 0 Å². The number of amides is 2. The lowest BCUT2D eigenvalue weighted by Crippen LogP contribution is -2.17. The standard InChI is InChI=1S/C23H24Cl2N4O4/c1-14-19(15(2)29(28-14)21-8-7-16(24)11-20(21)25)13-22(30)26-17-5-4-6-18(12-17)27-23(31)33-10-9-32-3/h4-8,11-12H,9-10,13H2,1-3H3,(H,26,30)(H,27,31). The Labute approximate surface area is 201 Å². The molecule has 33 heavy (non-hydrogen) atoms. The molecule has 3 rings (SSSR count). The summed E-state index contributed by atoms with van der Waals surface area (Å²) in [6.07, 6.45) is -0.477. The van der Waals surface area contributed by atoms with Crippen LogP contribution in [-0.2, 0) is 20.7 Å². The fourth-order valence-electron chi connectivity index (χ4n) is 3.23. The Morgan fingerprint density at radius 1 is 1.03 bits per heavy atom. The van der Waals surface area contributed by atoms with Gasteiger partial charge in [0.15, 0.2) is 0 Å². The number of methoxy groups -OCH3 is 1. The molecule has 0 spiro atoms. The van der Waals surface area contributed by atoms with Crippen LogP contribution in [0, 0.1) is 13.8 Å². The summed E-state index contributed by atoms with van der Waals surface area (Å²) >= 11 is 12.3. The smallest absolute Gasteiger partial charge is 0.411 e. The number of aryl methyl sites for hydroxylation is 1. The van der Waals surface area contributed by atoms with Crippen LogP contribution in [0.1, 0.15) is 17.0 Å². The molecule has 3 aromatic rings. The zero-order chi connectivity index (χ0) is 24.0. The molecule has 0 bridgehead atoms. The normalized spacial score (nSPS) is 10.7. The van der Waals surface area contributed by atoms with Crippen LogP contribution in [0.25, 0.3) is 5.69 Å². The number of nitrogens with one attached hydrogen (secondary N) is 2. The summed E-state index contributed by atoms with van der Waals surface area (Å²) < 4.78 is 11.5. The average molecular weight is 491 g/mol. The van der Waals surface area contributed by atoms with Gasteiger partial charge in [0.25, 0.3) is 0 Å². The summed E-state index contributed by atoms with van der Waals surface area (Å²) in [5, 5.41) is 11.0. The molecule has 0 saturated carbocycles. The third kappa shape index (κ3) is 6.47. The van der Waals surface area contributed by atoms with E-state index in [0.717, 1.165) is 17.0 Å². The van der Waals surface area contributed by atoms with Gasteiger partial charge in [-0.15, -0.1) is 0 Å². The van der Waals surface area contributed by atoms with Crippen LogP contribution in [0.2, 0.25) is 10.0 Å². The molecule has 2 amide bonds. The summed E-state index contributed by atoms with van der Waals surface area (Å²) in [6, 6.07) is 12.0. The number of hydrogen-bond acceptors (Lipinski definition) is 5. The first-order chi connectivity index (χ1) is 15.8. The second-order valence-corrected chi connectivity index (χ2v) is 8.06. The number of carbonyl (C=O) groups is 2. The van der Waals surface area contributed by atoms with Crippen molar-refractivity contribution in [1.29, 1.82) is 0 Å². The highest BCUT2D eigenvalue weighted by molar-refractivity contribution is 6.35. The SMILES string of the molecule is COCCOC(=O)Nc1cccc(NC(=O)Cc2c(C)nn(-c3ccc(Cl)cc3Cl)c2C)c1. The topological polar surface area (TPSA) is 94.5 Å². The Kier molecular flexibility index (Phi) is 8.32. The Hall–Kier alpha value is -3.07. The third-order valence-electron chi connectivity index (χ3n) is 4.83. The van der Waals surface area contributed by atoms with Gasteiger partial charge < -0.3 is 14.8 Å². The molecule has 8 nitrogen and oxygen atoms in total. The first-order valence-electron chi connectivity index (χ1n) is 10.1. The molecule has 0 aliphatic heterocycles. The quantitative estimate of drug-likeness (QED) is 0.424. The summed E-state index contributed by atoms with van der Waals surface area (Å²) in [4.78, 5) is 24.5. The molecule has 0 aliphatic rings. The van der Waals surface area contributed by atoms with Gasteiger partial charge in [-0.3, -0.25) is 10.1 Å². The van der Waals surface area contributed by atoms with E-state index in [1.165, 1.54) is 7.11 Å². The number of nitrogens with zero attached hydrogens (tertiary/aromatic N) is 2. The zero-order valence-electron chi connectivity index (χ0n) is 18.4. The molecule has 0 radical (unpaired) electrons. The van der Waals surface area contributed by atoms with Gasteiger partial charge in [0.2, 0.25) is 5.91 Å². The predicted octanol–water partition coefficient (Wildman–Crippen LogP) is 5.17. The first kappa shape index (κ1) is 24.6. The molecule has 174 valence electrons. The van der Waals surface area contributed by atoms with Gasteiger partial charge in [0.1, 0.15) is 6.61 Å². The van der Waals surface area contributed by atoms with Gasteiger partial charge >= 0.3 is 6.09 Å². The molecule has 0 unspecified atom stereocenters. The molecule has 1 heterocycles. The van der Waals surface area contributed by atoms with Crippen molar-refractivity contribution in [2.45, 2.75) is 20.3 Å². The fourth-order valence-corrected chi connectivity index (χ4v) is 3.72. The largest absolute Gasteiger partial charge is 0.447 e. The highest BCUT2D eigenvalue weighted by atomic mass is 35.5. The Morgan fingerprint density at radius 2 is 1.76 bits per heavy atom. The second-order valence-electron chi connectivity index (χ2n) is 7.22. The maximum atomic E-state index is 12.7. The monoisotopic (exact) mass is 490 g/mol. The molecule has 2 N–H and O–H groups in total. The van der Waals surface area contributed by atoms with Crippen molar-refractivity contribution in [3.8, 4) is 5.69 Å². The van der Waals surface area contributed by atoms with Gasteiger partial charge in [0.05, 0.1) is 29.4 Å². The van der Waals surface area contributed by atoms with Gasteiger partial charge in [0, 0.05) is 34.8 Å². The second kappa shape index (κ2) is 11.2. The molecule has 2 aromatic carbocycles. The van der Waals surface area contributed by atoms with E-state index in [1.807, 2.05) is 13.8 Å². The minimum absolute atomic E-state index is 0.125. The number of carbonyl (C=O) groups excluding carboxylic acids is 2. The highest BCUT2D eigenvalue weighted by Crippen LogP contribution is 2.27. The number of benzene rings is 2. The van der Waals surface area contributed by atoms with Gasteiger partial charge in [-0.1, -0.05) is 29.3 Å². The van der Waals surface area contributed by atoms with Crippen LogP contribution in [0.5, 0.6) is 0 Å². The number of anilines is 2. The van der Waals surface area contributed by atoms with E-state index in [4.69, 9.17) is 32.7 Å². The van der Waals surface area contributed by atoms with Crippen molar-refractivity contribution in [2.75, 3.05) is 31.0 Å². The van der Waals surface area contributed by atoms with E-state index in [-0.39, 0.29) is 18.9 Å². The summed E-state index contributed by atoms with van der Waals surface area (Å²) in [5.41, 5.74) is 4.05. The minimum Gasteiger partial charge on any atom is -0.447 e.